The second kappa shape index (κ2) is 3.82. The zero-order valence-electron chi connectivity index (χ0n) is 8.27. The highest BCUT2D eigenvalue weighted by Gasteiger charge is 2.10. The number of aromatic amines is 1. The lowest BCUT2D eigenvalue weighted by Gasteiger charge is -2.04. The van der Waals surface area contributed by atoms with E-state index in [1.54, 1.807) is 13.0 Å². The van der Waals surface area contributed by atoms with Gasteiger partial charge in [0.25, 0.3) is 0 Å². The normalized spacial score (nSPS) is 10.4. The molecule has 1 aromatic heterocycles. The van der Waals surface area contributed by atoms with Crippen LogP contribution in [0.5, 0.6) is 0 Å². The Morgan fingerprint density at radius 2 is 1.94 bits per heavy atom. The summed E-state index contributed by atoms with van der Waals surface area (Å²) < 4.78 is 0. The molecular weight excluding hydrogens is 247 g/mol. The molecule has 80 valence electrons. The van der Waals surface area contributed by atoms with Crippen molar-refractivity contribution in [3.05, 3.63) is 43.7 Å². The van der Waals surface area contributed by atoms with E-state index in [0.29, 0.717) is 26.6 Å². The summed E-state index contributed by atoms with van der Waals surface area (Å²) in [6.45, 7) is 1.67. The lowest BCUT2D eigenvalue weighted by Crippen LogP contribution is -2.10. The van der Waals surface area contributed by atoms with Crippen molar-refractivity contribution in [2.75, 3.05) is 0 Å². The molecule has 0 fully saturated rings. The number of nitrogens with one attached hydrogen (secondary N) is 1. The monoisotopic (exact) mass is 252 g/mol. The number of nitriles is 1. The topological polar surface area (TPSA) is 56.6 Å². The Morgan fingerprint density at radius 3 is 2.56 bits per heavy atom. The molecule has 0 bridgehead atoms. The highest BCUT2D eigenvalue weighted by Crippen LogP contribution is 2.25. The van der Waals surface area contributed by atoms with E-state index in [1.807, 2.05) is 6.07 Å². The molecule has 0 atom stereocenters. The minimum atomic E-state index is -0.327. The van der Waals surface area contributed by atoms with Crippen molar-refractivity contribution >= 4 is 34.1 Å². The van der Waals surface area contributed by atoms with Crippen LogP contribution >= 0.6 is 23.2 Å². The van der Waals surface area contributed by atoms with Gasteiger partial charge in [-0.1, -0.05) is 23.2 Å². The molecule has 3 nitrogen and oxygen atoms in total. The molecule has 2 aromatic rings. The predicted molar refractivity (Wildman–Crippen MR) is 64.0 cm³/mol. The van der Waals surface area contributed by atoms with Crippen molar-refractivity contribution in [2.45, 2.75) is 6.92 Å². The second-order valence-corrected chi connectivity index (χ2v) is 4.19. The summed E-state index contributed by atoms with van der Waals surface area (Å²) in [6.07, 6.45) is 0. The molecule has 0 saturated carbocycles. The molecule has 1 N–H and O–H groups in total. The lowest BCUT2D eigenvalue weighted by atomic mass is 10.1. The molecule has 0 aliphatic rings. The van der Waals surface area contributed by atoms with Crippen LogP contribution in [0.2, 0.25) is 10.0 Å². The molecule has 0 amide bonds. The van der Waals surface area contributed by atoms with Crippen molar-refractivity contribution in [1.82, 2.24) is 4.98 Å². The van der Waals surface area contributed by atoms with E-state index in [9.17, 15) is 4.79 Å². The van der Waals surface area contributed by atoms with Crippen LogP contribution in [-0.2, 0) is 0 Å². The maximum Gasteiger partial charge on any atom is 0.207 e. The van der Waals surface area contributed by atoms with Gasteiger partial charge in [-0.05, 0) is 19.1 Å². The van der Waals surface area contributed by atoms with Crippen LogP contribution in [0, 0.1) is 18.3 Å². The fourth-order valence-electron chi connectivity index (χ4n) is 1.54. The number of rotatable bonds is 0. The maximum atomic E-state index is 11.9. The molecule has 5 heteroatoms. The number of nitrogens with zero attached hydrogens (tertiary/aromatic N) is 1. The first kappa shape index (κ1) is 11.0. The highest BCUT2D eigenvalue weighted by molar-refractivity contribution is 6.42. The Hall–Kier alpha value is -1.50. The van der Waals surface area contributed by atoms with E-state index in [0.717, 1.165) is 0 Å². The average Bonchev–Trinajstić information content (AvgIpc) is 2.22. The van der Waals surface area contributed by atoms with Gasteiger partial charge in [-0.15, -0.1) is 0 Å². The summed E-state index contributed by atoms with van der Waals surface area (Å²) in [5.41, 5.74) is 0.882. The fraction of sp³-hybridized carbons (Fsp3) is 0.0909. The zero-order chi connectivity index (χ0) is 11.9. The first-order valence-electron chi connectivity index (χ1n) is 4.46. The van der Waals surface area contributed by atoms with Crippen LogP contribution in [0.3, 0.4) is 0 Å². The molecule has 2 rings (SSSR count). The summed E-state index contributed by atoms with van der Waals surface area (Å²) in [5.74, 6) is 0. The van der Waals surface area contributed by atoms with Gasteiger partial charge in [0.2, 0.25) is 5.43 Å². The summed E-state index contributed by atoms with van der Waals surface area (Å²) in [7, 11) is 0. The quantitative estimate of drug-likeness (QED) is 0.784. The molecule has 0 aliphatic heterocycles. The predicted octanol–water partition coefficient (Wildman–Crippen LogP) is 3.02. The first-order chi connectivity index (χ1) is 7.54. The lowest BCUT2D eigenvalue weighted by molar-refractivity contribution is 1.21. The minimum absolute atomic E-state index is 0.103. The van der Waals surface area contributed by atoms with Crippen molar-refractivity contribution in [1.29, 1.82) is 5.26 Å². The van der Waals surface area contributed by atoms with Crippen LogP contribution in [0.1, 0.15) is 11.3 Å². The van der Waals surface area contributed by atoms with E-state index >= 15 is 0 Å². The Bertz CT molecular complexity index is 683. The standard InChI is InChI=1S/C11H6Cl2N2O/c1-5-7(4-14)11(16)6-2-8(12)9(13)3-10(6)15-5/h2-3H,1H3,(H,15,16). The molecule has 16 heavy (non-hydrogen) atoms. The number of H-pyrrole nitrogens is 1. The van der Waals surface area contributed by atoms with Crippen LogP contribution in [0.25, 0.3) is 10.9 Å². The Kier molecular flexibility index (Phi) is 2.63. The number of aromatic nitrogens is 1. The average molecular weight is 253 g/mol. The van der Waals surface area contributed by atoms with Crippen molar-refractivity contribution < 1.29 is 0 Å². The summed E-state index contributed by atoms with van der Waals surface area (Å²) in [6, 6.07) is 4.92. The third kappa shape index (κ3) is 1.57. The minimum Gasteiger partial charge on any atom is -0.357 e. The highest BCUT2D eigenvalue weighted by atomic mass is 35.5. The number of hydrogen-bond donors (Lipinski definition) is 1. The van der Waals surface area contributed by atoms with Gasteiger partial charge in [0.05, 0.1) is 15.6 Å². The number of benzene rings is 1. The van der Waals surface area contributed by atoms with Gasteiger partial charge in [-0.2, -0.15) is 5.26 Å². The Morgan fingerprint density at radius 1 is 1.31 bits per heavy atom. The molecule has 1 aromatic carbocycles. The molecule has 0 radical (unpaired) electrons. The van der Waals surface area contributed by atoms with Gasteiger partial charge >= 0.3 is 0 Å². The molecule has 0 saturated heterocycles. The van der Waals surface area contributed by atoms with Gasteiger partial charge in [-0.25, -0.2) is 0 Å². The van der Waals surface area contributed by atoms with Gasteiger partial charge in [0.15, 0.2) is 0 Å². The van der Waals surface area contributed by atoms with Gasteiger partial charge in [0.1, 0.15) is 11.6 Å². The van der Waals surface area contributed by atoms with Crippen LogP contribution in [0.15, 0.2) is 16.9 Å². The van der Waals surface area contributed by atoms with Gasteiger partial charge < -0.3 is 4.98 Å². The molecule has 0 unspecified atom stereocenters. The number of halogens is 2. The largest absolute Gasteiger partial charge is 0.357 e. The Balaban J connectivity index is 3.01. The van der Waals surface area contributed by atoms with Crippen molar-refractivity contribution in [3.63, 3.8) is 0 Å². The SMILES string of the molecule is Cc1[nH]c2cc(Cl)c(Cl)cc2c(=O)c1C#N. The van der Waals surface area contributed by atoms with Gasteiger partial charge in [-0.3, -0.25) is 4.79 Å². The number of fused-ring (bicyclic) bond motifs is 1. The van der Waals surface area contributed by atoms with Crippen molar-refractivity contribution in [2.24, 2.45) is 0 Å². The summed E-state index contributed by atoms with van der Waals surface area (Å²) in [5, 5.41) is 9.89. The number of pyridine rings is 1. The third-order valence-corrected chi connectivity index (χ3v) is 3.06. The van der Waals surface area contributed by atoms with E-state index < -0.39 is 0 Å². The zero-order valence-corrected chi connectivity index (χ0v) is 9.78. The van der Waals surface area contributed by atoms with Crippen LogP contribution in [-0.4, -0.2) is 4.98 Å². The van der Waals surface area contributed by atoms with Crippen LogP contribution < -0.4 is 5.43 Å². The fourth-order valence-corrected chi connectivity index (χ4v) is 1.87. The summed E-state index contributed by atoms with van der Waals surface area (Å²) in [4.78, 5) is 14.9. The number of hydrogen-bond acceptors (Lipinski definition) is 2. The number of aryl methyl sites for hydroxylation is 1. The third-order valence-electron chi connectivity index (χ3n) is 2.34. The molecule has 0 spiro atoms. The smallest absolute Gasteiger partial charge is 0.207 e. The Labute approximate surface area is 101 Å². The van der Waals surface area contributed by atoms with Crippen molar-refractivity contribution in [3.8, 4) is 6.07 Å². The molecular formula is C11H6Cl2N2O. The molecule has 0 aliphatic carbocycles. The van der Waals surface area contributed by atoms with E-state index in [2.05, 4.69) is 4.98 Å². The van der Waals surface area contributed by atoms with E-state index in [1.165, 1.54) is 6.07 Å². The molecule has 1 heterocycles. The van der Waals surface area contributed by atoms with E-state index in [-0.39, 0.29) is 11.0 Å². The van der Waals surface area contributed by atoms with Crippen LogP contribution in [0.4, 0.5) is 0 Å². The van der Waals surface area contributed by atoms with Gasteiger partial charge in [0, 0.05) is 11.1 Å². The first-order valence-corrected chi connectivity index (χ1v) is 5.22. The maximum absolute atomic E-state index is 11.9. The summed E-state index contributed by atoms with van der Waals surface area (Å²) >= 11 is 11.7. The van der Waals surface area contributed by atoms with E-state index in [4.69, 9.17) is 28.5 Å². The second-order valence-electron chi connectivity index (χ2n) is 3.38.